The zero-order valence-corrected chi connectivity index (χ0v) is 15.8. The second-order valence-electron chi connectivity index (χ2n) is 6.17. The van der Waals surface area contributed by atoms with Crippen LogP contribution in [0, 0.1) is 17.0 Å². The number of anilines is 1. The van der Waals surface area contributed by atoms with Crippen molar-refractivity contribution in [1.29, 1.82) is 0 Å². The number of carbonyl (C=O) groups is 2. The van der Waals surface area contributed by atoms with Gasteiger partial charge in [0, 0.05) is 17.7 Å². The Labute approximate surface area is 171 Å². The SMILES string of the molecule is Cc1ccccc1C(=O)N=Nc1ccc(NOC(=O)c2cccc([N+](=O)[O-])c2)cc1. The third-order valence-electron chi connectivity index (χ3n) is 4.05. The van der Waals surface area contributed by atoms with Crippen LogP contribution in [-0.4, -0.2) is 16.8 Å². The summed E-state index contributed by atoms with van der Waals surface area (Å²) in [5.41, 5.74) is 4.46. The molecule has 0 saturated carbocycles. The largest absolute Gasteiger partial charge is 0.363 e. The summed E-state index contributed by atoms with van der Waals surface area (Å²) in [6, 6.07) is 18.6. The highest BCUT2D eigenvalue weighted by Crippen LogP contribution is 2.19. The molecule has 3 aromatic carbocycles. The molecule has 9 heteroatoms. The lowest BCUT2D eigenvalue weighted by Crippen LogP contribution is -2.10. The minimum absolute atomic E-state index is 0.0387. The van der Waals surface area contributed by atoms with Gasteiger partial charge in [0.2, 0.25) is 0 Å². The van der Waals surface area contributed by atoms with Gasteiger partial charge < -0.3 is 4.84 Å². The predicted octanol–water partition coefficient (Wildman–Crippen LogP) is 5.01. The van der Waals surface area contributed by atoms with Crippen molar-refractivity contribution < 1.29 is 19.3 Å². The molecule has 150 valence electrons. The Morgan fingerprint density at radius 3 is 2.43 bits per heavy atom. The summed E-state index contributed by atoms with van der Waals surface area (Å²) in [7, 11) is 0. The molecule has 0 unspecified atom stereocenters. The number of hydrogen-bond acceptors (Lipinski definition) is 7. The van der Waals surface area contributed by atoms with E-state index in [4.69, 9.17) is 4.84 Å². The van der Waals surface area contributed by atoms with Crippen LogP contribution in [0.25, 0.3) is 0 Å². The predicted molar refractivity (Wildman–Crippen MR) is 109 cm³/mol. The van der Waals surface area contributed by atoms with Crippen molar-refractivity contribution in [2.75, 3.05) is 5.48 Å². The van der Waals surface area contributed by atoms with Gasteiger partial charge in [-0.05, 0) is 48.9 Å². The number of benzene rings is 3. The number of carbonyl (C=O) groups excluding carboxylic acids is 2. The van der Waals surface area contributed by atoms with Gasteiger partial charge in [0.1, 0.15) is 0 Å². The minimum Gasteiger partial charge on any atom is -0.338 e. The van der Waals surface area contributed by atoms with Crippen LogP contribution in [0.4, 0.5) is 17.1 Å². The van der Waals surface area contributed by atoms with Gasteiger partial charge in [-0.1, -0.05) is 24.3 Å². The van der Waals surface area contributed by atoms with E-state index in [2.05, 4.69) is 15.7 Å². The first-order valence-corrected chi connectivity index (χ1v) is 8.77. The van der Waals surface area contributed by atoms with Crippen molar-refractivity contribution >= 4 is 28.9 Å². The average molecular weight is 404 g/mol. The highest BCUT2D eigenvalue weighted by molar-refractivity contribution is 5.96. The molecule has 0 aromatic heterocycles. The molecule has 1 N–H and O–H groups in total. The standard InChI is InChI=1S/C21H16N4O5/c1-14-5-2-3-8-19(14)20(26)23-22-16-9-11-17(12-10-16)24-30-21(27)15-6-4-7-18(13-15)25(28)29/h2-13,24H,1H3. The van der Waals surface area contributed by atoms with E-state index in [0.29, 0.717) is 16.9 Å². The number of aryl methyl sites for hydroxylation is 1. The van der Waals surface area contributed by atoms with E-state index < -0.39 is 16.8 Å². The molecule has 0 spiro atoms. The molecule has 0 aliphatic carbocycles. The highest BCUT2D eigenvalue weighted by atomic mass is 16.7. The Morgan fingerprint density at radius 1 is 1.00 bits per heavy atom. The molecule has 3 rings (SSSR count). The summed E-state index contributed by atoms with van der Waals surface area (Å²) in [5.74, 6) is -1.22. The van der Waals surface area contributed by atoms with Crippen molar-refractivity contribution in [1.82, 2.24) is 0 Å². The van der Waals surface area contributed by atoms with Gasteiger partial charge >= 0.3 is 5.97 Å². The number of azo groups is 1. The van der Waals surface area contributed by atoms with Gasteiger partial charge in [-0.3, -0.25) is 14.9 Å². The maximum Gasteiger partial charge on any atom is 0.363 e. The van der Waals surface area contributed by atoms with Gasteiger partial charge in [-0.15, -0.1) is 10.2 Å². The van der Waals surface area contributed by atoms with Gasteiger partial charge in [0.25, 0.3) is 11.6 Å². The lowest BCUT2D eigenvalue weighted by molar-refractivity contribution is -0.384. The number of nitrogens with zero attached hydrogens (tertiary/aromatic N) is 3. The molecule has 0 bridgehead atoms. The summed E-state index contributed by atoms with van der Waals surface area (Å²) in [6.07, 6.45) is 0. The Hall–Kier alpha value is -4.40. The Kier molecular flexibility index (Phi) is 6.23. The Bertz CT molecular complexity index is 1130. The quantitative estimate of drug-likeness (QED) is 0.350. The third kappa shape index (κ3) is 5.10. The molecule has 0 aliphatic rings. The fraction of sp³-hybridized carbons (Fsp3) is 0.0476. The maximum atomic E-state index is 12.1. The molecule has 9 nitrogen and oxygen atoms in total. The van der Waals surface area contributed by atoms with Crippen molar-refractivity contribution in [3.05, 3.63) is 99.6 Å². The van der Waals surface area contributed by atoms with E-state index in [1.807, 2.05) is 19.1 Å². The fourth-order valence-electron chi connectivity index (χ4n) is 2.48. The Morgan fingerprint density at radius 2 is 1.73 bits per heavy atom. The molecular weight excluding hydrogens is 388 g/mol. The number of hydrogen-bond donors (Lipinski definition) is 1. The molecule has 0 saturated heterocycles. The van der Waals surface area contributed by atoms with Crippen LogP contribution in [0.5, 0.6) is 0 Å². The van der Waals surface area contributed by atoms with Crippen LogP contribution in [0.1, 0.15) is 26.3 Å². The first-order chi connectivity index (χ1) is 14.4. The van der Waals surface area contributed by atoms with Crippen LogP contribution in [0.3, 0.4) is 0 Å². The smallest absolute Gasteiger partial charge is 0.338 e. The van der Waals surface area contributed by atoms with Crippen LogP contribution >= 0.6 is 0 Å². The number of nitro benzene ring substituents is 1. The topological polar surface area (TPSA) is 123 Å². The van der Waals surface area contributed by atoms with Crippen molar-refractivity contribution in [2.24, 2.45) is 10.2 Å². The van der Waals surface area contributed by atoms with Gasteiger partial charge in [-0.2, -0.15) is 0 Å². The van der Waals surface area contributed by atoms with Gasteiger partial charge in [0.15, 0.2) is 0 Å². The minimum atomic E-state index is -0.772. The zero-order chi connectivity index (χ0) is 21.5. The summed E-state index contributed by atoms with van der Waals surface area (Å²) in [5, 5.41) is 18.4. The molecule has 0 aliphatic heterocycles. The summed E-state index contributed by atoms with van der Waals surface area (Å²) in [4.78, 5) is 39.3. The van der Waals surface area contributed by atoms with Gasteiger partial charge in [0.05, 0.1) is 21.9 Å². The molecule has 1 amide bonds. The lowest BCUT2D eigenvalue weighted by atomic mass is 10.1. The van der Waals surface area contributed by atoms with E-state index in [1.165, 1.54) is 18.2 Å². The van der Waals surface area contributed by atoms with Gasteiger partial charge in [-0.25, -0.2) is 10.3 Å². The highest BCUT2D eigenvalue weighted by Gasteiger charge is 2.13. The molecule has 0 radical (unpaired) electrons. The van der Waals surface area contributed by atoms with Crippen LogP contribution < -0.4 is 5.48 Å². The van der Waals surface area contributed by atoms with E-state index in [-0.39, 0.29) is 11.3 Å². The first-order valence-electron chi connectivity index (χ1n) is 8.77. The van der Waals surface area contributed by atoms with E-state index in [1.54, 1.807) is 36.4 Å². The monoisotopic (exact) mass is 404 g/mol. The second-order valence-corrected chi connectivity index (χ2v) is 6.17. The molecular formula is C21H16N4O5. The van der Waals surface area contributed by atoms with E-state index in [0.717, 1.165) is 11.6 Å². The van der Waals surface area contributed by atoms with Crippen molar-refractivity contribution in [2.45, 2.75) is 6.92 Å². The average Bonchev–Trinajstić information content (AvgIpc) is 2.77. The number of non-ortho nitro benzene ring substituents is 1. The molecule has 30 heavy (non-hydrogen) atoms. The fourth-order valence-corrected chi connectivity index (χ4v) is 2.48. The van der Waals surface area contributed by atoms with Crippen molar-refractivity contribution in [3.8, 4) is 0 Å². The second kappa shape index (κ2) is 9.20. The summed E-state index contributed by atoms with van der Waals surface area (Å²) < 4.78 is 0. The van der Waals surface area contributed by atoms with Crippen molar-refractivity contribution in [3.63, 3.8) is 0 Å². The van der Waals surface area contributed by atoms with E-state index in [9.17, 15) is 19.7 Å². The third-order valence-corrected chi connectivity index (χ3v) is 4.05. The zero-order valence-electron chi connectivity index (χ0n) is 15.8. The first kappa shape index (κ1) is 20.3. The summed E-state index contributed by atoms with van der Waals surface area (Å²) >= 11 is 0. The number of rotatable bonds is 6. The number of nitro groups is 1. The molecule has 0 fully saturated rings. The van der Waals surface area contributed by atoms with E-state index >= 15 is 0 Å². The van der Waals surface area contributed by atoms with Crippen LogP contribution in [-0.2, 0) is 4.84 Å². The molecule has 3 aromatic rings. The maximum absolute atomic E-state index is 12.1. The molecule has 0 atom stereocenters. The normalized spacial score (nSPS) is 10.6. The van der Waals surface area contributed by atoms with Crippen LogP contribution in [0.2, 0.25) is 0 Å². The number of nitrogens with one attached hydrogen (secondary N) is 1. The van der Waals surface area contributed by atoms with Crippen LogP contribution in [0.15, 0.2) is 83.0 Å². The number of amides is 1. The Balaban J connectivity index is 1.59. The summed E-state index contributed by atoms with van der Waals surface area (Å²) in [6.45, 7) is 1.82. The lowest BCUT2D eigenvalue weighted by Gasteiger charge is -2.06. The molecule has 0 heterocycles.